The number of rotatable bonds is 8. The Hall–Kier alpha value is -1.59. The normalized spacial score (nSPS) is 17.5. The average Bonchev–Trinajstić information content (AvgIpc) is 2.62. The van der Waals surface area contributed by atoms with Gasteiger partial charge in [-0.1, -0.05) is 6.92 Å². The van der Waals surface area contributed by atoms with Crippen LogP contribution in [0.3, 0.4) is 0 Å². The van der Waals surface area contributed by atoms with Crippen LogP contribution in [0, 0.1) is 5.92 Å². The highest BCUT2D eigenvalue weighted by Crippen LogP contribution is 2.23. The zero-order chi connectivity index (χ0) is 17.4. The third-order valence-electron chi connectivity index (χ3n) is 4.94. The van der Waals surface area contributed by atoms with E-state index in [1.807, 2.05) is 31.3 Å². The Morgan fingerprint density at radius 3 is 2.50 bits per heavy atom. The van der Waals surface area contributed by atoms with Gasteiger partial charge in [0.15, 0.2) is 0 Å². The molecule has 1 heterocycles. The molecule has 24 heavy (non-hydrogen) atoms. The van der Waals surface area contributed by atoms with Crippen molar-refractivity contribution in [3.8, 4) is 5.75 Å². The fourth-order valence-corrected chi connectivity index (χ4v) is 3.41. The van der Waals surface area contributed by atoms with Gasteiger partial charge in [0.25, 0.3) is 0 Å². The molecule has 1 aromatic carbocycles. The van der Waals surface area contributed by atoms with E-state index in [2.05, 4.69) is 22.5 Å². The molecule has 5 heteroatoms. The van der Waals surface area contributed by atoms with Crippen molar-refractivity contribution in [2.24, 2.45) is 5.92 Å². The summed E-state index contributed by atoms with van der Waals surface area (Å²) in [5.41, 5.74) is 0.822. The van der Waals surface area contributed by atoms with Gasteiger partial charge in [-0.3, -0.25) is 9.69 Å². The van der Waals surface area contributed by atoms with Crippen molar-refractivity contribution in [1.82, 2.24) is 10.2 Å². The number of ether oxygens (including phenoxy) is 1. The van der Waals surface area contributed by atoms with E-state index in [0.717, 1.165) is 43.4 Å². The zero-order valence-electron chi connectivity index (χ0n) is 15.2. The molecule has 0 aliphatic carbocycles. The Morgan fingerprint density at radius 2 is 1.96 bits per heavy atom. The largest absolute Gasteiger partial charge is 0.497 e. The Kier molecular flexibility index (Phi) is 7.53. The van der Waals surface area contributed by atoms with Crippen LogP contribution in [0.5, 0.6) is 5.75 Å². The molecule has 0 radical (unpaired) electrons. The lowest BCUT2D eigenvalue weighted by Crippen LogP contribution is -2.47. The van der Waals surface area contributed by atoms with Crippen LogP contribution in [-0.4, -0.2) is 50.6 Å². The van der Waals surface area contributed by atoms with Crippen LogP contribution in [0.2, 0.25) is 0 Å². The molecule has 5 nitrogen and oxygen atoms in total. The standard InChI is InChI=1S/C19H31N3O2/c1-4-18(22-13-10-15(11-14-22)9-12-20-2)19(23)21-16-5-7-17(24-3)8-6-16/h5-8,15,18,20H,4,9-14H2,1-3H3,(H,21,23). The minimum Gasteiger partial charge on any atom is -0.497 e. The first kappa shape index (κ1) is 18.7. The van der Waals surface area contributed by atoms with E-state index in [-0.39, 0.29) is 11.9 Å². The van der Waals surface area contributed by atoms with Crippen molar-refractivity contribution in [3.05, 3.63) is 24.3 Å². The molecule has 0 spiro atoms. The van der Waals surface area contributed by atoms with Gasteiger partial charge in [-0.25, -0.2) is 0 Å². The Bertz CT molecular complexity index is 496. The molecule has 0 aromatic heterocycles. The monoisotopic (exact) mass is 333 g/mol. The van der Waals surface area contributed by atoms with Crippen LogP contribution in [0.1, 0.15) is 32.6 Å². The predicted molar refractivity (Wildman–Crippen MR) is 98.5 cm³/mol. The topological polar surface area (TPSA) is 53.6 Å². The van der Waals surface area contributed by atoms with Gasteiger partial charge in [-0.05, 0) is 82.5 Å². The quantitative estimate of drug-likeness (QED) is 0.768. The lowest BCUT2D eigenvalue weighted by Gasteiger charge is -2.36. The van der Waals surface area contributed by atoms with Crippen LogP contribution in [-0.2, 0) is 4.79 Å². The van der Waals surface area contributed by atoms with Gasteiger partial charge in [-0.15, -0.1) is 0 Å². The third-order valence-corrected chi connectivity index (χ3v) is 4.94. The maximum absolute atomic E-state index is 12.7. The summed E-state index contributed by atoms with van der Waals surface area (Å²) in [5, 5.41) is 6.27. The summed E-state index contributed by atoms with van der Waals surface area (Å²) >= 11 is 0. The average molecular weight is 333 g/mol. The smallest absolute Gasteiger partial charge is 0.241 e. The number of hydrogen-bond donors (Lipinski definition) is 2. The van der Waals surface area contributed by atoms with Crippen LogP contribution < -0.4 is 15.4 Å². The number of benzene rings is 1. The molecule has 1 saturated heterocycles. The molecule has 1 aliphatic heterocycles. The van der Waals surface area contributed by atoms with Crippen LogP contribution in [0.15, 0.2) is 24.3 Å². The van der Waals surface area contributed by atoms with Crippen molar-refractivity contribution in [3.63, 3.8) is 0 Å². The number of amides is 1. The lowest BCUT2D eigenvalue weighted by molar-refractivity contribution is -0.122. The van der Waals surface area contributed by atoms with Crippen molar-refractivity contribution in [2.45, 2.75) is 38.6 Å². The molecule has 1 aromatic rings. The number of carbonyl (C=O) groups is 1. The highest BCUT2D eigenvalue weighted by Gasteiger charge is 2.28. The Balaban J connectivity index is 1.87. The van der Waals surface area contributed by atoms with Crippen LogP contribution in [0.4, 0.5) is 5.69 Å². The lowest BCUT2D eigenvalue weighted by atomic mass is 9.92. The van der Waals surface area contributed by atoms with Crippen molar-refractivity contribution in [1.29, 1.82) is 0 Å². The highest BCUT2D eigenvalue weighted by molar-refractivity contribution is 5.94. The van der Waals surface area contributed by atoms with Gasteiger partial charge in [0.1, 0.15) is 5.75 Å². The maximum Gasteiger partial charge on any atom is 0.241 e. The number of likely N-dealkylation sites (tertiary alicyclic amines) is 1. The van der Waals surface area contributed by atoms with Crippen molar-refractivity contribution < 1.29 is 9.53 Å². The van der Waals surface area contributed by atoms with Crippen molar-refractivity contribution >= 4 is 11.6 Å². The summed E-state index contributed by atoms with van der Waals surface area (Å²) in [4.78, 5) is 15.0. The maximum atomic E-state index is 12.7. The number of hydrogen-bond acceptors (Lipinski definition) is 4. The molecule has 0 bridgehead atoms. The molecule has 1 aliphatic rings. The van der Waals surface area contributed by atoms with Gasteiger partial charge in [0.2, 0.25) is 5.91 Å². The molecule has 2 N–H and O–H groups in total. The fraction of sp³-hybridized carbons (Fsp3) is 0.632. The molecule has 0 saturated carbocycles. The second kappa shape index (κ2) is 9.64. The second-order valence-electron chi connectivity index (χ2n) is 6.51. The van der Waals surface area contributed by atoms with Gasteiger partial charge in [-0.2, -0.15) is 0 Å². The number of piperidine rings is 1. The van der Waals surface area contributed by atoms with Crippen LogP contribution in [0.25, 0.3) is 0 Å². The van der Waals surface area contributed by atoms with E-state index >= 15 is 0 Å². The summed E-state index contributed by atoms with van der Waals surface area (Å²) in [6.45, 7) is 5.21. The predicted octanol–water partition coefficient (Wildman–Crippen LogP) is 2.73. The van der Waals surface area contributed by atoms with E-state index in [9.17, 15) is 4.79 Å². The third kappa shape index (κ3) is 5.21. The molecular weight excluding hydrogens is 302 g/mol. The minimum absolute atomic E-state index is 0.0441. The van der Waals surface area contributed by atoms with Gasteiger partial charge < -0.3 is 15.4 Å². The SMILES string of the molecule is CCC(C(=O)Nc1ccc(OC)cc1)N1CCC(CCNC)CC1. The van der Waals surface area contributed by atoms with E-state index in [1.165, 1.54) is 19.3 Å². The van der Waals surface area contributed by atoms with Crippen LogP contribution >= 0.6 is 0 Å². The summed E-state index contributed by atoms with van der Waals surface area (Å²) in [5.74, 6) is 1.68. The fourth-order valence-electron chi connectivity index (χ4n) is 3.41. The van der Waals surface area contributed by atoms with Gasteiger partial charge in [0, 0.05) is 5.69 Å². The number of methoxy groups -OCH3 is 1. The summed E-state index contributed by atoms with van der Waals surface area (Å²) in [7, 11) is 3.65. The Morgan fingerprint density at radius 1 is 1.29 bits per heavy atom. The first-order valence-corrected chi connectivity index (χ1v) is 9.01. The van der Waals surface area contributed by atoms with E-state index in [4.69, 9.17) is 4.74 Å². The van der Waals surface area contributed by atoms with E-state index in [0.29, 0.717) is 0 Å². The Labute approximate surface area is 145 Å². The highest BCUT2D eigenvalue weighted by atomic mass is 16.5. The summed E-state index contributed by atoms with van der Waals surface area (Å²) in [6, 6.07) is 7.45. The second-order valence-corrected chi connectivity index (χ2v) is 6.51. The molecule has 1 atom stereocenters. The molecule has 1 unspecified atom stereocenters. The first-order chi connectivity index (χ1) is 11.7. The zero-order valence-corrected chi connectivity index (χ0v) is 15.2. The van der Waals surface area contributed by atoms with E-state index < -0.39 is 0 Å². The van der Waals surface area contributed by atoms with Crippen molar-refractivity contribution in [2.75, 3.05) is 39.1 Å². The molecule has 2 rings (SSSR count). The number of anilines is 1. The summed E-state index contributed by atoms with van der Waals surface area (Å²) < 4.78 is 5.15. The summed E-state index contributed by atoms with van der Waals surface area (Å²) in [6.07, 6.45) is 4.45. The van der Waals surface area contributed by atoms with E-state index in [1.54, 1.807) is 7.11 Å². The molecule has 1 amide bonds. The number of nitrogens with one attached hydrogen (secondary N) is 2. The first-order valence-electron chi connectivity index (χ1n) is 9.01. The number of nitrogens with zero attached hydrogens (tertiary/aromatic N) is 1. The molecule has 134 valence electrons. The molecule has 1 fully saturated rings. The number of carbonyl (C=O) groups excluding carboxylic acids is 1. The molecular formula is C19H31N3O2. The van der Waals surface area contributed by atoms with Gasteiger partial charge in [0.05, 0.1) is 13.2 Å². The van der Waals surface area contributed by atoms with Gasteiger partial charge >= 0.3 is 0 Å². The minimum atomic E-state index is -0.0441.